The fraction of sp³-hybridized carbons (Fsp3) is 0.832. The van der Waals surface area contributed by atoms with E-state index in [1.165, 1.54) is 63.8 Å². The van der Waals surface area contributed by atoms with Crippen LogP contribution in [0.5, 0.6) is 0 Å². The Kier molecular flexibility index (Phi) is 47.6. The Labute approximate surface area is 639 Å². The molecular weight excluding hydrogens is 1270 g/mol. The van der Waals surface area contributed by atoms with E-state index in [1.807, 2.05) is 0 Å². The third-order valence-electron chi connectivity index (χ3n) is 25.3. The zero-order chi connectivity index (χ0) is 79.2. The van der Waals surface area contributed by atoms with Gasteiger partial charge in [0.25, 0.3) is 0 Å². The summed E-state index contributed by atoms with van der Waals surface area (Å²) in [5, 5.41) is 77.6. The lowest BCUT2D eigenvalue weighted by Gasteiger charge is -2.36. The molecule has 0 aromatic rings. The van der Waals surface area contributed by atoms with Crippen LogP contribution in [-0.4, -0.2) is 89.7 Å². The van der Waals surface area contributed by atoms with Gasteiger partial charge in [0.15, 0.2) is 0 Å². The first-order valence-corrected chi connectivity index (χ1v) is 42.3. The predicted octanol–water partition coefficient (Wildman–Crippen LogP) is 23.7. The highest BCUT2D eigenvalue weighted by atomic mass is 16.3. The molecule has 103 heavy (non-hydrogen) atoms. The second-order valence-corrected chi connectivity index (χ2v) is 38.5. The molecule has 0 amide bonds. The Hall–Kier alpha value is -2.40. The van der Waals surface area contributed by atoms with Crippen LogP contribution >= 0.6 is 0 Å². The molecule has 8 aliphatic carbocycles. The number of aliphatic hydroxyl groups excluding tert-OH is 8. The maximum absolute atomic E-state index is 9.90. The van der Waals surface area contributed by atoms with Crippen molar-refractivity contribution in [1.29, 1.82) is 0 Å². The number of rotatable bonds is 8. The minimum Gasteiger partial charge on any atom is -0.393 e. The van der Waals surface area contributed by atoms with Crippen molar-refractivity contribution >= 4 is 0 Å². The number of hydrogen-bond acceptors (Lipinski definition) is 8. The van der Waals surface area contributed by atoms with Crippen LogP contribution in [0.4, 0.5) is 0 Å². The first-order chi connectivity index (χ1) is 47.6. The summed E-state index contributed by atoms with van der Waals surface area (Å²) in [6.07, 6.45) is 36.3. The van der Waals surface area contributed by atoms with Crippen LogP contribution in [0.3, 0.4) is 0 Å². The molecule has 0 radical (unpaired) electrons. The van der Waals surface area contributed by atoms with Crippen LogP contribution in [-0.2, 0) is 0 Å². The summed E-state index contributed by atoms with van der Waals surface area (Å²) < 4.78 is 0. The highest BCUT2D eigenvalue weighted by molar-refractivity contribution is 5.08. The van der Waals surface area contributed by atoms with Crippen molar-refractivity contribution in [2.75, 3.05) is 0 Å². The Morgan fingerprint density at radius 1 is 0.204 bits per heavy atom. The second kappa shape index (κ2) is 49.7. The SMILES string of the molecule is CC(C)=CC1C(C)CC(O)CC1C.CC(C)=CC1CC(C)C(C)C(O)C1.CC(C)=CC1CC(C)C(O)C(C)C1.CC(C)=CC1CC(C)C(O)CC1C.CC(C)=CC1CC(O)C(C)CC1C.CC(C)=CC1CC(O)CC(C)C1C.CC(C)=CC1CCC(C)C(O)C1C.CC(C)=CC1CCC(O)CC1C. The van der Waals surface area contributed by atoms with Crippen molar-refractivity contribution in [3.8, 4) is 0 Å². The largest absolute Gasteiger partial charge is 0.393 e. The number of hydrogen-bond donors (Lipinski definition) is 8. The molecule has 0 bridgehead atoms. The first kappa shape index (κ1) is 98.6. The zero-order valence-electron chi connectivity index (χ0n) is 73.1. The molecule has 27 unspecified atom stereocenters. The molecule has 8 nitrogen and oxygen atoms in total. The zero-order valence-corrected chi connectivity index (χ0v) is 73.1. The van der Waals surface area contributed by atoms with Crippen LogP contribution in [0.15, 0.2) is 93.2 Å². The van der Waals surface area contributed by atoms with Crippen molar-refractivity contribution in [3.05, 3.63) is 93.2 Å². The average molecular weight is 1440 g/mol. The van der Waals surface area contributed by atoms with Gasteiger partial charge in [-0.2, -0.15) is 0 Å². The Balaban J connectivity index is 0.000000589. The molecule has 8 fully saturated rings. The van der Waals surface area contributed by atoms with Crippen LogP contribution < -0.4 is 0 Å². The number of aliphatic hydroxyl groups is 8. The smallest absolute Gasteiger partial charge is 0.0596 e. The Bertz CT molecular complexity index is 2400. The Morgan fingerprint density at radius 2 is 0.553 bits per heavy atom. The molecule has 0 aromatic heterocycles. The van der Waals surface area contributed by atoms with Gasteiger partial charge < -0.3 is 40.9 Å². The standard InChI is InChI=1S/7C12H22O.C11H20O/c1-8(2)5-11-6-10(4)12(13)7-9(11)3;1-8(2)5-11-7-12(13)6-9(3)10(11)4;1-8(2)5-11-6-9(3)10(4)12(13)7-11;1-8(2)5-12-9(3)6-11(13)7-10(12)4;1-8(2)5-11-6-9(3)12(13)10(4)7-11;1-8(2)5-11-7-12(13)10(4)6-9(11)3;1-8(2)7-11-6-5-9(3)12(13)10(11)4;1-8(2)6-10-4-5-11(12)7-9(10)3/h6*5,9-13H,6-7H2,1-4H3;7,9-13H,5-6H2,1-4H3;6,9-12H,4-5,7H2,1-3H3. The van der Waals surface area contributed by atoms with Crippen molar-refractivity contribution in [3.63, 3.8) is 0 Å². The molecule has 8 rings (SSSR count). The molecule has 8 aliphatic rings. The summed E-state index contributed by atoms with van der Waals surface area (Å²) in [7, 11) is 0. The maximum Gasteiger partial charge on any atom is 0.0596 e. The summed E-state index contributed by atoms with van der Waals surface area (Å²) in [5.41, 5.74) is 11.1. The predicted molar refractivity (Wildman–Crippen MR) is 447 cm³/mol. The van der Waals surface area contributed by atoms with Gasteiger partial charge in [-0.05, 0) is 356 Å². The molecule has 0 spiro atoms. The fourth-order valence-electron chi connectivity index (χ4n) is 18.7. The Morgan fingerprint density at radius 3 is 1.02 bits per heavy atom. The van der Waals surface area contributed by atoms with E-state index < -0.39 is 0 Å². The molecule has 602 valence electrons. The monoisotopic (exact) mass is 1440 g/mol. The van der Waals surface area contributed by atoms with Gasteiger partial charge in [0, 0.05) is 0 Å². The molecule has 0 aromatic carbocycles. The summed E-state index contributed by atoms with van der Waals surface area (Å²) in [5.74, 6) is 13.7. The van der Waals surface area contributed by atoms with E-state index in [0.29, 0.717) is 124 Å². The summed E-state index contributed by atoms with van der Waals surface area (Å²) in [6.45, 7) is 67.5. The average Bonchev–Trinajstić information content (AvgIpc) is 0.841. The van der Waals surface area contributed by atoms with Gasteiger partial charge in [-0.3, -0.25) is 0 Å². The second-order valence-electron chi connectivity index (χ2n) is 38.5. The van der Waals surface area contributed by atoms with Crippen molar-refractivity contribution in [2.45, 2.75) is 373 Å². The van der Waals surface area contributed by atoms with E-state index in [9.17, 15) is 40.9 Å². The minimum absolute atomic E-state index is 0.0400. The third-order valence-corrected chi connectivity index (χ3v) is 25.3. The van der Waals surface area contributed by atoms with Crippen LogP contribution in [0, 0.1) is 136 Å². The van der Waals surface area contributed by atoms with E-state index in [1.54, 1.807) is 0 Å². The molecule has 0 heterocycles. The first-order valence-electron chi connectivity index (χ1n) is 42.3. The lowest BCUT2D eigenvalue weighted by Crippen LogP contribution is -2.35. The quantitative estimate of drug-likeness (QED) is 0.111. The molecular formula is C95H174O8. The summed E-state index contributed by atoms with van der Waals surface area (Å²) >= 11 is 0. The van der Waals surface area contributed by atoms with Gasteiger partial charge in [-0.25, -0.2) is 0 Å². The summed E-state index contributed by atoms with van der Waals surface area (Å²) in [4.78, 5) is 0. The minimum atomic E-state index is -0.102. The topological polar surface area (TPSA) is 162 Å². The lowest BCUT2D eigenvalue weighted by atomic mass is 9.72. The summed E-state index contributed by atoms with van der Waals surface area (Å²) in [6, 6.07) is 0. The fourth-order valence-corrected chi connectivity index (χ4v) is 18.7. The van der Waals surface area contributed by atoms with Gasteiger partial charge in [0.2, 0.25) is 0 Å². The molecule has 8 N–H and O–H groups in total. The van der Waals surface area contributed by atoms with Gasteiger partial charge in [-0.1, -0.05) is 197 Å². The highest BCUT2D eigenvalue weighted by Gasteiger charge is 2.36. The normalized spacial score (nSPS) is 39.6. The van der Waals surface area contributed by atoms with Gasteiger partial charge in [-0.15, -0.1) is 0 Å². The van der Waals surface area contributed by atoms with E-state index >= 15 is 0 Å². The van der Waals surface area contributed by atoms with Gasteiger partial charge >= 0.3 is 0 Å². The maximum atomic E-state index is 9.90. The number of allylic oxidation sites excluding steroid dienone is 16. The molecule has 0 aliphatic heterocycles. The van der Waals surface area contributed by atoms with E-state index in [2.05, 4.69) is 263 Å². The van der Waals surface area contributed by atoms with E-state index in [-0.39, 0.29) is 48.8 Å². The van der Waals surface area contributed by atoms with E-state index in [4.69, 9.17) is 0 Å². The van der Waals surface area contributed by atoms with Crippen molar-refractivity contribution in [1.82, 2.24) is 0 Å². The van der Waals surface area contributed by atoms with Crippen LogP contribution in [0.1, 0.15) is 324 Å². The van der Waals surface area contributed by atoms with E-state index in [0.717, 1.165) is 102 Å². The van der Waals surface area contributed by atoms with Gasteiger partial charge in [0.1, 0.15) is 0 Å². The molecule has 8 saturated carbocycles. The molecule has 27 atom stereocenters. The molecule has 8 heteroatoms. The van der Waals surface area contributed by atoms with Crippen LogP contribution in [0.25, 0.3) is 0 Å². The van der Waals surface area contributed by atoms with Crippen molar-refractivity contribution < 1.29 is 40.9 Å². The lowest BCUT2D eigenvalue weighted by molar-refractivity contribution is 0.0132. The highest BCUT2D eigenvalue weighted by Crippen LogP contribution is 2.42. The molecule has 0 saturated heterocycles. The third kappa shape index (κ3) is 39.2. The van der Waals surface area contributed by atoms with Gasteiger partial charge in [0.05, 0.1) is 48.8 Å². The van der Waals surface area contributed by atoms with Crippen molar-refractivity contribution in [2.24, 2.45) is 136 Å². The van der Waals surface area contributed by atoms with Crippen LogP contribution in [0.2, 0.25) is 0 Å².